The van der Waals surface area contributed by atoms with Gasteiger partial charge in [-0.2, -0.15) is 0 Å². The Morgan fingerprint density at radius 1 is 1.25 bits per heavy atom. The van der Waals surface area contributed by atoms with E-state index in [1.54, 1.807) is 0 Å². The molecule has 1 aliphatic carbocycles. The SMILES string of the molecule is CC1(C)CC(c2ccc(Cl)cc2)=CC(N)C1. The highest BCUT2D eigenvalue weighted by Gasteiger charge is 2.27. The zero-order valence-electron chi connectivity index (χ0n) is 9.83. The van der Waals surface area contributed by atoms with Crippen LogP contribution in [0, 0.1) is 5.41 Å². The highest BCUT2D eigenvalue weighted by atomic mass is 35.5. The Bertz CT molecular complexity index is 403. The first-order chi connectivity index (χ1) is 7.46. The molecule has 0 amide bonds. The smallest absolute Gasteiger partial charge is 0.0406 e. The molecule has 1 unspecified atom stereocenters. The first kappa shape index (κ1) is 11.7. The van der Waals surface area contributed by atoms with E-state index in [0.717, 1.165) is 17.9 Å². The highest BCUT2D eigenvalue weighted by molar-refractivity contribution is 6.30. The molecule has 0 aliphatic heterocycles. The number of hydrogen-bond acceptors (Lipinski definition) is 1. The van der Waals surface area contributed by atoms with E-state index in [1.165, 1.54) is 11.1 Å². The maximum atomic E-state index is 6.07. The molecule has 1 aromatic rings. The van der Waals surface area contributed by atoms with Gasteiger partial charge in [-0.05, 0) is 41.5 Å². The molecular formula is C14H18ClN. The molecule has 0 saturated heterocycles. The Labute approximate surface area is 102 Å². The number of nitrogens with two attached hydrogens (primary N) is 1. The van der Waals surface area contributed by atoms with Gasteiger partial charge in [-0.15, -0.1) is 0 Å². The van der Waals surface area contributed by atoms with Gasteiger partial charge in [-0.3, -0.25) is 0 Å². The van der Waals surface area contributed by atoms with Crippen molar-refractivity contribution >= 4 is 17.2 Å². The average Bonchev–Trinajstić information content (AvgIpc) is 2.15. The Balaban J connectivity index is 2.30. The molecule has 0 heterocycles. The van der Waals surface area contributed by atoms with Crippen molar-refractivity contribution < 1.29 is 0 Å². The van der Waals surface area contributed by atoms with Crippen molar-refractivity contribution in [2.75, 3.05) is 0 Å². The van der Waals surface area contributed by atoms with Crippen LogP contribution >= 0.6 is 11.6 Å². The van der Waals surface area contributed by atoms with Crippen LogP contribution in [0.3, 0.4) is 0 Å². The van der Waals surface area contributed by atoms with Crippen LogP contribution in [-0.4, -0.2) is 6.04 Å². The second-order valence-electron chi connectivity index (χ2n) is 5.41. The molecule has 2 N–H and O–H groups in total. The molecular weight excluding hydrogens is 218 g/mol. The molecule has 0 aromatic heterocycles. The van der Waals surface area contributed by atoms with Gasteiger partial charge in [0.25, 0.3) is 0 Å². The van der Waals surface area contributed by atoms with E-state index < -0.39 is 0 Å². The molecule has 16 heavy (non-hydrogen) atoms. The van der Waals surface area contributed by atoms with E-state index in [4.69, 9.17) is 17.3 Å². The Morgan fingerprint density at radius 2 is 1.88 bits per heavy atom. The van der Waals surface area contributed by atoms with Gasteiger partial charge in [0.2, 0.25) is 0 Å². The van der Waals surface area contributed by atoms with Gasteiger partial charge in [0.05, 0.1) is 0 Å². The van der Waals surface area contributed by atoms with E-state index in [0.29, 0.717) is 5.41 Å². The third-order valence-corrected chi connectivity index (χ3v) is 3.34. The average molecular weight is 236 g/mol. The summed E-state index contributed by atoms with van der Waals surface area (Å²) in [5.41, 5.74) is 8.95. The molecule has 0 fully saturated rings. The standard InChI is InChI=1S/C14H18ClN/c1-14(2)8-11(7-13(16)9-14)10-3-5-12(15)6-4-10/h3-7,13H,8-9,16H2,1-2H3. The fraction of sp³-hybridized carbons (Fsp3) is 0.429. The third kappa shape index (κ3) is 2.66. The summed E-state index contributed by atoms with van der Waals surface area (Å²) in [6, 6.07) is 8.19. The van der Waals surface area contributed by atoms with Gasteiger partial charge in [-0.25, -0.2) is 0 Å². The molecule has 0 bridgehead atoms. The van der Waals surface area contributed by atoms with Crippen LogP contribution < -0.4 is 5.73 Å². The maximum Gasteiger partial charge on any atom is 0.0406 e. The van der Waals surface area contributed by atoms with Crippen molar-refractivity contribution in [2.45, 2.75) is 32.7 Å². The maximum absolute atomic E-state index is 6.07. The van der Waals surface area contributed by atoms with Crippen LogP contribution in [0.5, 0.6) is 0 Å². The van der Waals surface area contributed by atoms with Gasteiger partial charge in [0.1, 0.15) is 0 Å². The van der Waals surface area contributed by atoms with Crippen molar-refractivity contribution in [3.8, 4) is 0 Å². The largest absolute Gasteiger partial charge is 0.324 e. The molecule has 0 spiro atoms. The van der Waals surface area contributed by atoms with E-state index in [-0.39, 0.29) is 6.04 Å². The minimum Gasteiger partial charge on any atom is -0.324 e. The molecule has 1 aromatic carbocycles. The first-order valence-corrected chi connectivity index (χ1v) is 6.06. The summed E-state index contributed by atoms with van der Waals surface area (Å²) < 4.78 is 0. The van der Waals surface area contributed by atoms with Crippen molar-refractivity contribution in [3.63, 3.8) is 0 Å². The zero-order valence-corrected chi connectivity index (χ0v) is 10.6. The molecule has 0 radical (unpaired) electrons. The molecule has 0 saturated carbocycles. The van der Waals surface area contributed by atoms with Crippen molar-refractivity contribution in [3.05, 3.63) is 40.9 Å². The summed E-state index contributed by atoms with van der Waals surface area (Å²) in [6.07, 6.45) is 4.33. The Hall–Kier alpha value is -0.790. The molecule has 2 heteroatoms. The van der Waals surface area contributed by atoms with Crippen LogP contribution in [0.15, 0.2) is 30.3 Å². The van der Waals surface area contributed by atoms with Gasteiger partial charge >= 0.3 is 0 Å². The van der Waals surface area contributed by atoms with Crippen LogP contribution in [0.1, 0.15) is 32.3 Å². The fourth-order valence-electron chi connectivity index (χ4n) is 2.46. The summed E-state index contributed by atoms with van der Waals surface area (Å²) in [5, 5.41) is 0.781. The third-order valence-electron chi connectivity index (χ3n) is 3.09. The summed E-state index contributed by atoms with van der Waals surface area (Å²) in [5.74, 6) is 0. The lowest BCUT2D eigenvalue weighted by atomic mass is 9.74. The lowest BCUT2D eigenvalue weighted by molar-refractivity contribution is 0.319. The predicted molar refractivity (Wildman–Crippen MR) is 70.4 cm³/mol. The summed E-state index contributed by atoms with van der Waals surface area (Å²) in [4.78, 5) is 0. The zero-order chi connectivity index (χ0) is 11.8. The molecule has 2 rings (SSSR count). The van der Waals surface area contributed by atoms with E-state index in [1.807, 2.05) is 12.1 Å². The van der Waals surface area contributed by atoms with Crippen LogP contribution in [0.4, 0.5) is 0 Å². The lowest BCUT2D eigenvalue weighted by Gasteiger charge is -2.33. The van der Waals surface area contributed by atoms with E-state index in [9.17, 15) is 0 Å². The minimum absolute atomic E-state index is 0.175. The summed E-state index contributed by atoms with van der Waals surface area (Å²) in [6.45, 7) is 4.55. The van der Waals surface area contributed by atoms with Gasteiger partial charge in [0.15, 0.2) is 0 Å². The highest BCUT2D eigenvalue weighted by Crippen LogP contribution is 2.39. The molecule has 86 valence electrons. The lowest BCUT2D eigenvalue weighted by Crippen LogP contribution is -2.30. The topological polar surface area (TPSA) is 26.0 Å². The normalized spacial score (nSPS) is 24.0. The number of halogens is 1. The molecule has 1 aliphatic rings. The minimum atomic E-state index is 0.175. The summed E-state index contributed by atoms with van der Waals surface area (Å²) in [7, 11) is 0. The second kappa shape index (κ2) is 4.23. The predicted octanol–water partition coefficient (Wildman–Crippen LogP) is 3.87. The van der Waals surface area contributed by atoms with Crippen molar-refractivity contribution in [2.24, 2.45) is 11.1 Å². The van der Waals surface area contributed by atoms with Crippen LogP contribution in [0.2, 0.25) is 5.02 Å². The summed E-state index contributed by atoms with van der Waals surface area (Å²) >= 11 is 5.89. The van der Waals surface area contributed by atoms with Gasteiger partial charge < -0.3 is 5.73 Å². The quantitative estimate of drug-likeness (QED) is 0.786. The van der Waals surface area contributed by atoms with Crippen molar-refractivity contribution in [1.82, 2.24) is 0 Å². The second-order valence-corrected chi connectivity index (χ2v) is 5.84. The van der Waals surface area contributed by atoms with E-state index >= 15 is 0 Å². The van der Waals surface area contributed by atoms with Crippen molar-refractivity contribution in [1.29, 1.82) is 0 Å². The van der Waals surface area contributed by atoms with Gasteiger partial charge in [-0.1, -0.05) is 43.7 Å². The molecule has 1 atom stereocenters. The van der Waals surface area contributed by atoms with Gasteiger partial charge in [0, 0.05) is 11.1 Å². The van der Waals surface area contributed by atoms with Crippen LogP contribution in [-0.2, 0) is 0 Å². The fourth-order valence-corrected chi connectivity index (χ4v) is 2.59. The Kier molecular flexibility index (Phi) is 3.09. The number of rotatable bonds is 1. The Morgan fingerprint density at radius 3 is 2.44 bits per heavy atom. The van der Waals surface area contributed by atoms with E-state index in [2.05, 4.69) is 32.1 Å². The number of allylic oxidation sites excluding steroid dienone is 1. The van der Waals surface area contributed by atoms with Crippen LogP contribution in [0.25, 0.3) is 5.57 Å². The number of hydrogen-bond donors (Lipinski definition) is 1. The number of benzene rings is 1. The molecule has 1 nitrogen and oxygen atoms in total. The first-order valence-electron chi connectivity index (χ1n) is 5.68. The monoisotopic (exact) mass is 235 g/mol.